The quantitative estimate of drug-likeness (QED) is 0.444. The summed E-state index contributed by atoms with van der Waals surface area (Å²) in [7, 11) is 0. The van der Waals surface area contributed by atoms with E-state index in [1.807, 2.05) is 31.2 Å². The lowest BCUT2D eigenvalue weighted by molar-refractivity contribution is 0.105. The molecule has 1 aromatic heterocycles. The number of unbranched alkanes of at least 4 members (excludes halogenated alkanes) is 1. The highest BCUT2D eigenvalue weighted by Crippen LogP contribution is 2.13. The van der Waals surface area contributed by atoms with Crippen molar-refractivity contribution in [3.8, 4) is 11.8 Å². The Morgan fingerprint density at radius 2 is 2.06 bits per heavy atom. The van der Waals surface area contributed by atoms with Gasteiger partial charge in [0.1, 0.15) is 5.69 Å². The van der Waals surface area contributed by atoms with E-state index in [4.69, 9.17) is 0 Å². The van der Waals surface area contributed by atoms with Gasteiger partial charge in [0.15, 0.2) is 0 Å². The van der Waals surface area contributed by atoms with Crippen molar-refractivity contribution >= 4 is 16.6 Å². The number of nitrogens with zero attached hydrogens (tertiary/aromatic N) is 1. The lowest BCUT2D eigenvalue weighted by Gasteiger charge is -1.98. The maximum Gasteiger partial charge on any atom is 0.254 e. The van der Waals surface area contributed by atoms with Gasteiger partial charge in [-0.2, -0.15) is 0 Å². The summed E-state index contributed by atoms with van der Waals surface area (Å²) in [6.45, 7) is 2.04. The van der Waals surface area contributed by atoms with Crippen molar-refractivity contribution in [2.75, 3.05) is 0 Å². The number of benzene rings is 1. The van der Waals surface area contributed by atoms with Gasteiger partial charge >= 0.3 is 0 Å². The van der Waals surface area contributed by atoms with E-state index in [0.717, 1.165) is 23.6 Å². The minimum absolute atomic E-state index is 0.204. The molecule has 17 heavy (non-hydrogen) atoms. The number of aromatic nitrogens is 1. The van der Waals surface area contributed by atoms with Gasteiger partial charge in [-0.15, -0.1) is 0 Å². The normalized spacial score (nSPS) is 9.71. The van der Waals surface area contributed by atoms with Crippen LogP contribution in [0, 0.1) is 11.8 Å². The molecule has 2 heteroatoms. The van der Waals surface area contributed by atoms with Gasteiger partial charge in [-0.25, -0.2) is 0 Å². The van der Waals surface area contributed by atoms with Crippen molar-refractivity contribution in [3.05, 3.63) is 42.2 Å². The standard InChI is InChI=1S/C15H13NO/c1-2-3-4-9-15(17)14-10-12-7-5-6-8-13(12)11-16-14/h5-8,10-11H,2-3H2,1H3. The lowest BCUT2D eigenvalue weighted by atomic mass is 10.1. The Kier molecular flexibility index (Phi) is 3.52. The molecule has 1 heterocycles. The lowest BCUT2D eigenvalue weighted by Crippen LogP contribution is -1.98. The van der Waals surface area contributed by atoms with E-state index in [-0.39, 0.29) is 5.78 Å². The van der Waals surface area contributed by atoms with E-state index in [0.29, 0.717) is 5.69 Å². The van der Waals surface area contributed by atoms with Crippen LogP contribution in [0.3, 0.4) is 0 Å². The summed E-state index contributed by atoms with van der Waals surface area (Å²) in [4.78, 5) is 15.9. The predicted molar refractivity (Wildman–Crippen MR) is 68.8 cm³/mol. The average Bonchev–Trinajstić information content (AvgIpc) is 2.38. The molecule has 0 fully saturated rings. The van der Waals surface area contributed by atoms with Crippen molar-refractivity contribution < 1.29 is 4.79 Å². The van der Waals surface area contributed by atoms with E-state index in [9.17, 15) is 4.79 Å². The van der Waals surface area contributed by atoms with Gasteiger partial charge in [0.25, 0.3) is 5.78 Å². The average molecular weight is 223 g/mol. The molecule has 84 valence electrons. The molecule has 0 atom stereocenters. The first-order chi connectivity index (χ1) is 8.31. The van der Waals surface area contributed by atoms with E-state index < -0.39 is 0 Å². The molecule has 0 unspecified atom stereocenters. The molecule has 2 aromatic rings. The summed E-state index contributed by atoms with van der Waals surface area (Å²) in [5, 5.41) is 2.05. The topological polar surface area (TPSA) is 30.0 Å². The first kappa shape index (κ1) is 11.3. The first-order valence-corrected chi connectivity index (χ1v) is 5.69. The first-order valence-electron chi connectivity index (χ1n) is 5.69. The van der Waals surface area contributed by atoms with Crippen LogP contribution in [0.5, 0.6) is 0 Å². The molecule has 2 rings (SSSR count). The molecule has 0 saturated heterocycles. The predicted octanol–water partition coefficient (Wildman–Crippen LogP) is 3.22. The minimum Gasteiger partial charge on any atom is -0.277 e. The summed E-state index contributed by atoms with van der Waals surface area (Å²) < 4.78 is 0. The Labute approximate surface area is 101 Å². The van der Waals surface area contributed by atoms with Gasteiger partial charge in [0, 0.05) is 18.0 Å². The summed E-state index contributed by atoms with van der Waals surface area (Å²) in [5.41, 5.74) is 0.423. The van der Waals surface area contributed by atoms with Crippen molar-refractivity contribution in [3.63, 3.8) is 0 Å². The fourth-order valence-corrected chi connectivity index (χ4v) is 1.54. The summed E-state index contributed by atoms with van der Waals surface area (Å²) in [6.07, 6.45) is 3.43. The van der Waals surface area contributed by atoms with Gasteiger partial charge in [-0.3, -0.25) is 9.78 Å². The molecule has 2 nitrogen and oxygen atoms in total. The molecule has 0 aliphatic heterocycles. The highest BCUT2D eigenvalue weighted by molar-refractivity contribution is 6.09. The highest BCUT2D eigenvalue weighted by Gasteiger charge is 2.04. The second-order valence-electron chi connectivity index (χ2n) is 3.80. The zero-order valence-corrected chi connectivity index (χ0v) is 9.73. The molecule has 1 aromatic carbocycles. The molecule has 0 aliphatic rings. The number of rotatable bonds is 2. The SMILES string of the molecule is CCCC#CC(=O)c1cc2ccccc2cn1. The molecule has 0 aliphatic carbocycles. The third-order valence-corrected chi connectivity index (χ3v) is 2.44. The molecule has 0 spiro atoms. The Morgan fingerprint density at radius 3 is 2.82 bits per heavy atom. The number of ketones is 1. The third kappa shape index (κ3) is 2.70. The zero-order chi connectivity index (χ0) is 12.1. The van der Waals surface area contributed by atoms with Crippen LogP contribution >= 0.6 is 0 Å². The van der Waals surface area contributed by atoms with E-state index >= 15 is 0 Å². The number of hydrogen-bond donors (Lipinski definition) is 0. The molecule has 0 amide bonds. The van der Waals surface area contributed by atoms with E-state index in [1.54, 1.807) is 12.3 Å². The van der Waals surface area contributed by atoms with Gasteiger partial charge in [0.05, 0.1) is 0 Å². The maximum absolute atomic E-state index is 11.7. The van der Waals surface area contributed by atoms with E-state index in [1.165, 1.54) is 0 Å². The van der Waals surface area contributed by atoms with Crippen LogP contribution in [0.1, 0.15) is 30.3 Å². The number of pyridine rings is 1. The summed E-state index contributed by atoms with van der Waals surface area (Å²) in [6, 6.07) is 9.62. The van der Waals surface area contributed by atoms with Crippen LogP contribution in [0.2, 0.25) is 0 Å². The largest absolute Gasteiger partial charge is 0.277 e. The molecule has 0 saturated carbocycles. The molecule has 0 bridgehead atoms. The Bertz CT molecular complexity index is 605. The fourth-order valence-electron chi connectivity index (χ4n) is 1.54. The Hall–Kier alpha value is -2.14. The van der Waals surface area contributed by atoms with Crippen molar-refractivity contribution in [1.29, 1.82) is 0 Å². The minimum atomic E-state index is -0.204. The van der Waals surface area contributed by atoms with E-state index in [2.05, 4.69) is 16.8 Å². The third-order valence-electron chi connectivity index (χ3n) is 2.44. The van der Waals surface area contributed by atoms with Crippen molar-refractivity contribution in [1.82, 2.24) is 4.98 Å². The Balaban J connectivity index is 2.31. The summed E-state index contributed by atoms with van der Waals surface area (Å²) >= 11 is 0. The van der Waals surface area contributed by atoms with Crippen LogP contribution in [-0.2, 0) is 0 Å². The Morgan fingerprint density at radius 1 is 1.29 bits per heavy atom. The van der Waals surface area contributed by atoms with Gasteiger partial charge < -0.3 is 0 Å². The second-order valence-corrected chi connectivity index (χ2v) is 3.80. The number of hydrogen-bond acceptors (Lipinski definition) is 2. The molecular weight excluding hydrogens is 210 g/mol. The molecule has 0 radical (unpaired) electrons. The maximum atomic E-state index is 11.7. The van der Waals surface area contributed by atoms with Crippen molar-refractivity contribution in [2.45, 2.75) is 19.8 Å². The monoisotopic (exact) mass is 223 g/mol. The number of carbonyl (C=O) groups excluding carboxylic acids is 1. The molecular formula is C15H13NO. The zero-order valence-electron chi connectivity index (χ0n) is 9.73. The van der Waals surface area contributed by atoms with Gasteiger partial charge in [0.2, 0.25) is 0 Å². The molecule has 0 N–H and O–H groups in total. The second kappa shape index (κ2) is 5.27. The van der Waals surface area contributed by atoms with Gasteiger partial charge in [-0.05, 0) is 23.8 Å². The number of Topliss-reactive ketones (excluding diaryl/α,β-unsaturated/α-hetero) is 1. The van der Waals surface area contributed by atoms with Crippen LogP contribution < -0.4 is 0 Å². The van der Waals surface area contributed by atoms with Crippen LogP contribution in [0.15, 0.2) is 36.5 Å². The number of fused-ring (bicyclic) bond motifs is 1. The summed E-state index contributed by atoms with van der Waals surface area (Å²) in [5.74, 6) is 5.25. The van der Waals surface area contributed by atoms with Gasteiger partial charge in [-0.1, -0.05) is 37.1 Å². The smallest absolute Gasteiger partial charge is 0.254 e. The van der Waals surface area contributed by atoms with Crippen LogP contribution in [-0.4, -0.2) is 10.8 Å². The highest BCUT2D eigenvalue weighted by atomic mass is 16.1. The van der Waals surface area contributed by atoms with Crippen LogP contribution in [0.4, 0.5) is 0 Å². The van der Waals surface area contributed by atoms with Crippen molar-refractivity contribution in [2.24, 2.45) is 0 Å². The fraction of sp³-hybridized carbons (Fsp3) is 0.200. The number of carbonyl (C=O) groups is 1. The van der Waals surface area contributed by atoms with Crippen LogP contribution in [0.25, 0.3) is 10.8 Å².